The van der Waals surface area contributed by atoms with Gasteiger partial charge in [-0.3, -0.25) is 4.79 Å². The Bertz CT molecular complexity index is 1080. The second-order valence-corrected chi connectivity index (χ2v) is 5.96. The first-order valence-corrected chi connectivity index (χ1v) is 8.39. The molecule has 8 N–H and O–H groups in total. The molecule has 0 bridgehead atoms. The molecule has 0 aliphatic carbocycles. The highest BCUT2D eigenvalue weighted by atomic mass is 16.5. The number of fused-ring (bicyclic) bond motifs is 1. The highest BCUT2D eigenvalue weighted by molar-refractivity contribution is 5.95. The van der Waals surface area contributed by atoms with Crippen LogP contribution in [-0.4, -0.2) is 48.4 Å². The van der Waals surface area contributed by atoms with Gasteiger partial charge < -0.3 is 32.3 Å². The number of aliphatic hydroxyl groups excluding tert-OH is 1. The summed E-state index contributed by atoms with van der Waals surface area (Å²) in [5.41, 5.74) is 13.7. The first-order chi connectivity index (χ1) is 13.9. The van der Waals surface area contributed by atoms with E-state index in [0.29, 0.717) is 29.0 Å². The fraction of sp³-hybridized carbons (Fsp3) is 0.167. The number of hydrogen-bond acceptors (Lipinski definition) is 10. The molecule has 11 nitrogen and oxygen atoms in total. The van der Waals surface area contributed by atoms with Crippen molar-refractivity contribution in [3.05, 3.63) is 41.7 Å². The third-order valence-electron chi connectivity index (χ3n) is 3.89. The highest BCUT2D eigenvalue weighted by Crippen LogP contribution is 2.16. The van der Waals surface area contributed by atoms with Crippen LogP contribution in [-0.2, 0) is 6.54 Å². The van der Waals surface area contributed by atoms with E-state index in [1.165, 1.54) is 0 Å². The van der Waals surface area contributed by atoms with Crippen LogP contribution in [0.1, 0.15) is 16.1 Å². The van der Waals surface area contributed by atoms with Gasteiger partial charge >= 0.3 is 0 Å². The molecule has 0 aliphatic rings. The van der Waals surface area contributed by atoms with Crippen molar-refractivity contribution in [2.75, 3.05) is 16.8 Å². The number of benzene rings is 1. The minimum atomic E-state index is -1.84. The largest absolute Gasteiger partial charge is 0.382 e. The van der Waals surface area contributed by atoms with Crippen LogP contribution < -0.4 is 22.1 Å². The number of carbonyl (C=O) groups is 1. The van der Waals surface area contributed by atoms with Crippen LogP contribution in [0, 0.1) is 12.3 Å². The number of anilines is 3. The number of nitrogen functional groups attached to an aromatic ring is 2. The fourth-order valence-corrected chi connectivity index (χ4v) is 2.43. The summed E-state index contributed by atoms with van der Waals surface area (Å²) in [7, 11) is 0. The predicted octanol–water partition coefficient (Wildman–Crippen LogP) is -0.761. The first kappa shape index (κ1) is 19.7. The van der Waals surface area contributed by atoms with E-state index < -0.39 is 18.2 Å². The van der Waals surface area contributed by atoms with Gasteiger partial charge in [-0.25, -0.2) is 9.97 Å². The van der Waals surface area contributed by atoms with E-state index >= 15 is 0 Å². The fourth-order valence-electron chi connectivity index (χ4n) is 2.43. The van der Waals surface area contributed by atoms with Crippen molar-refractivity contribution >= 4 is 34.5 Å². The Hall–Kier alpha value is -4.01. The van der Waals surface area contributed by atoms with Gasteiger partial charge in [-0.15, -0.1) is 6.42 Å². The summed E-state index contributed by atoms with van der Waals surface area (Å²) in [5.74, 6) is 1.74. The Kier molecular flexibility index (Phi) is 5.68. The zero-order valence-corrected chi connectivity index (χ0v) is 15.1. The molecule has 29 heavy (non-hydrogen) atoms. The molecular weight excluding hydrogens is 376 g/mol. The van der Waals surface area contributed by atoms with Crippen LogP contribution in [0.5, 0.6) is 0 Å². The topological polar surface area (TPSA) is 185 Å². The van der Waals surface area contributed by atoms with Crippen molar-refractivity contribution < 1.29 is 15.0 Å². The third kappa shape index (κ3) is 4.64. The van der Waals surface area contributed by atoms with E-state index in [1.807, 2.05) is 0 Å². The van der Waals surface area contributed by atoms with E-state index in [4.69, 9.17) is 28.1 Å². The lowest BCUT2D eigenvalue weighted by molar-refractivity contribution is -0.0518. The maximum absolute atomic E-state index is 12.1. The van der Waals surface area contributed by atoms with Crippen molar-refractivity contribution in [1.82, 2.24) is 25.3 Å². The Morgan fingerprint density at radius 2 is 1.90 bits per heavy atom. The molecular formula is C18H18N8O3. The van der Waals surface area contributed by atoms with Crippen molar-refractivity contribution in [2.24, 2.45) is 0 Å². The maximum Gasteiger partial charge on any atom is 0.252 e. The van der Waals surface area contributed by atoms with Gasteiger partial charge in [0.05, 0.1) is 18.4 Å². The Morgan fingerprint density at radius 3 is 2.55 bits per heavy atom. The summed E-state index contributed by atoms with van der Waals surface area (Å²) >= 11 is 0. The molecule has 1 atom stereocenters. The van der Waals surface area contributed by atoms with Crippen LogP contribution in [0.25, 0.3) is 11.2 Å². The molecule has 1 amide bonds. The number of nitrogens with zero attached hydrogens (tertiary/aromatic N) is 4. The van der Waals surface area contributed by atoms with Gasteiger partial charge in [0, 0.05) is 11.3 Å². The lowest BCUT2D eigenvalue weighted by Gasteiger charge is -2.15. The number of aliphatic hydroxyl groups is 2. The maximum atomic E-state index is 12.1. The van der Waals surface area contributed by atoms with E-state index in [2.05, 4.69) is 36.5 Å². The number of hydrogen-bond donors (Lipinski definition) is 6. The Morgan fingerprint density at radius 1 is 1.17 bits per heavy atom. The molecule has 11 heteroatoms. The average Bonchev–Trinajstić information content (AvgIpc) is 2.70. The number of aromatic nitrogens is 4. The van der Waals surface area contributed by atoms with E-state index in [0.717, 1.165) is 5.69 Å². The normalized spacial score (nSPS) is 11.8. The van der Waals surface area contributed by atoms with Gasteiger partial charge in [0.25, 0.3) is 5.91 Å². The average molecular weight is 394 g/mol. The molecule has 0 radical (unpaired) electrons. The van der Waals surface area contributed by atoms with Gasteiger partial charge in [-0.1, -0.05) is 5.92 Å². The number of nitrogens with one attached hydrogen (secondary N) is 2. The molecule has 0 fully saturated rings. The summed E-state index contributed by atoms with van der Waals surface area (Å²) < 4.78 is 0. The van der Waals surface area contributed by atoms with Gasteiger partial charge in [-0.2, -0.15) is 9.97 Å². The zero-order chi connectivity index (χ0) is 21.0. The summed E-state index contributed by atoms with van der Waals surface area (Å²) in [5, 5.41) is 23.6. The third-order valence-corrected chi connectivity index (χ3v) is 3.89. The number of terminal acetylenes is 1. The molecule has 0 aliphatic heterocycles. The molecule has 0 unspecified atom stereocenters. The predicted molar refractivity (Wildman–Crippen MR) is 106 cm³/mol. The second-order valence-electron chi connectivity index (χ2n) is 5.96. The molecule has 2 heterocycles. The van der Waals surface area contributed by atoms with Crippen molar-refractivity contribution in [3.8, 4) is 12.3 Å². The number of nitrogens with two attached hydrogens (primary N) is 2. The minimum absolute atomic E-state index is 0.0290. The van der Waals surface area contributed by atoms with Crippen LogP contribution in [0.4, 0.5) is 17.5 Å². The monoisotopic (exact) mass is 394 g/mol. The van der Waals surface area contributed by atoms with Gasteiger partial charge in [0.1, 0.15) is 6.04 Å². The Balaban J connectivity index is 1.65. The number of carbonyl (C=O) groups excluding carboxylic acids is 1. The standard InChI is InChI=1S/C18H18N8O3/c1-2-12(17(28)29)24-16(27)9-3-5-10(6-4-9)21-7-11-8-22-15-13(23-11)14(19)25-18(20)26-15/h1,3-6,8,12,17,21,28-29H,7H2,(H,24,27)(H4,19,20,22,25,26)/t12-/m0/s1. The second kappa shape index (κ2) is 8.34. The summed E-state index contributed by atoms with van der Waals surface area (Å²) in [6, 6.07) is 5.30. The van der Waals surface area contributed by atoms with Crippen molar-refractivity contribution in [3.63, 3.8) is 0 Å². The van der Waals surface area contributed by atoms with Crippen molar-refractivity contribution in [2.45, 2.75) is 18.9 Å². The van der Waals surface area contributed by atoms with E-state index in [1.54, 1.807) is 30.5 Å². The molecule has 1 aromatic carbocycles. The molecule has 0 saturated heterocycles. The van der Waals surface area contributed by atoms with Crippen LogP contribution in [0.2, 0.25) is 0 Å². The smallest absolute Gasteiger partial charge is 0.252 e. The lowest BCUT2D eigenvalue weighted by Crippen LogP contribution is -2.42. The molecule has 0 saturated carbocycles. The van der Waals surface area contributed by atoms with Crippen LogP contribution >= 0.6 is 0 Å². The van der Waals surface area contributed by atoms with Crippen LogP contribution in [0.3, 0.4) is 0 Å². The quantitative estimate of drug-likeness (QED) is 0.229. The van der Waals surface area contributed by atoms with E-state index in [-0.39, 0.29) is 11.8 Å². The van der Waals surface area contributed by atoms with Gasteiger partial charge in [0.2, 0.25) is 5.95 Å². The summed E-state index contributed by atoms with van der Waals surface area (Å²) in [6.45, 7) is 0.341. The lowest BCUT2D eigenvalue weighted by atomic mass is 10.1. The number of rotatable bonds is 6. The van der Waals surface area contributed by atoms with E-state index in [9.17, 15) is 4.79 Å². The number of amides is 1. The molecule has 0 spiro atoms. The molecule has 3 rings (SSSR count). The Labute approximate surface area is 165 Å². The summed E-state index contributed by atoms with van der Waals surface area (Å²) in [4.78, 5) is 28.5. The SMILES string of the molecule is C#C[C@H](NC(=O)c1ccc(NCc2cnc3nc(N)nc(N)c3n2)cc1)C(O)O. The molecule has 148 valence electrons. The summed E-state index contributed by atoms with van der Waals surface area (Å²) in [6.07, 6.45) is 4.84. The zero-order valence-electron chi connectivity index (χ0n) is 15.1. The minimum Gasteiger partial charge on any atom is -0.382 e. The van der Waals surface area contributed by atoms with Gasteiger partial charge in [0.15, 0.2) is 23.3 Å². The van der Waals surface area contributed by atoms with Gasteiger partial charge in [-0.05, 0) is 24.3 Å². The first-order valence-electron chi connectivity index (χ1n) is 8.39. The highest BCUT2D eigenvalue weighted by Gasteiger charge is 2.17. The molecule has 2 aromatic heterocycles. The molecule has 3 aromatic rings. The van der Waals surface area contributed by atoms with Crippen molar-refractivity contribution in [1.29, 1.82) is 0 Å². The van der Waals surface area contributed by atoms with Crippen LogP contribution in [0.15, 0.2) is 30.5 Å².